The van der Waals surface area contributed by atoms with Crippen LogP contribution in [-0.2, 0) is 23.7 Å². The van der Waals surface area contributed by atoms with Crippen LogP contribution in [0.4, 0.5) is 10.5 Å². The Kier molecular flexibility index (Phi) is 7.05. The van der Waals surface area contributed by atoms with Crippen molar-refractivity contribution in [1.82, 2.24) is 0 Å². The van der Waals surface area contributed by atoms with E-state index in [4.69, 9.17) is 24.7 Å². The normalized spacial score (nSPS) is 21.4. The lowest BCUT2D eigenvalue weighted by molar-refractivity contribution is -0.152. The minimum Gasteiger partial charge on any atom is -0.434 e. The number of nitrogen functional groups attached to an aromatic ring is 1. The number of rotatable bonds is 5. The Balaban J connectivity index is 1.81. The molecule has 0 aromatic heterocycles. The predicted octanol–water partition coefficient (Wildman–Crippen LogP) is 4.91. The molecular formula is C27H31NO6. The van der Waals surface area contributed by atoms with Crippen LogP contribution in [0.2, 0.25) is 0 Å². The molecule has 1 atom stereocenters. The molecule has 2 aliphatic rings. The topological polar surface area (TPSA) is 97.1 Å². The van der Waals surface area contributed by atoms with Crippen LogP contribution in [0.5, 0.6) is 0 Å². The third kappa shape index (κ3) is 4.72. The van der Waals surface area contributed by atoms with Crippen molar-refractivity contribution >= 4 is 23.2 Å². The number of carbonyl (C=O) groups is 2. The fourth-order valence-electron chi connectivity index (χ4n) is 4.63. The Labute approximate surface area is 199 Å². The summed E-state index contributed by atoms with van der Waals surface area (Å²) in [5, 5.41) is 0. The molecule has 0 amide bonds. The van der Waals surface area contributed by atoms with E-state index in [9.17, 15) is 9.59 Å². The molecule has 4 rings (SSSR count). The third-order valence-electron chi connectivity index (χ3n) is 6.68. The van der Waals surface area contributed by atoms with Gasteiger partial charge in [0.05, 0.1) is 12.2 Å². The second kappa shape index (κ2) is 9.99. The van der Waals surface area contributed by atoms with Crippen LogP contribution in [0.15, 0.2) is 48.2 Å². The molecule has 2 N–H and O–H groups in total. The molecule has 2 heterocycles. The Morgan fingerprint density at radius 1 is 1.12 bits per heavy atom. The minimum atomic E-state index is -1.04. The van der Waals surface area contributed by atoms with Crippen LogP contribution in [0.25, 0.3) is 16.7 Å². The standard InChI is InChI=1S/C27H31NO6/c1-4-32-26(30)34-23-16-33-27(3,20-11-13-31-14-12-20)25(29)24(23)22-15-19(6-5-17(22)2)18-7-9-21(28)10-8-18/h5-10,15,20H,4,11-14,16,28H2,1-3H3. The molecule has 0 saturated carbocycles. The van der Waals surface area contributed by atoms with E-state index in [1.807, 2.05) is 56.3 Å². The number of nitrogens with two attached hydrogens (primary N) is 1. The fraction of sp³-hybridized carbons (Fsp3) is 0.407. The van der Waals surface area contributed by atoms with E-state index >= 15 is 0 Å². The third-order valence-corrected chi connectivity index (χ3v) is 6.68. The predicted molar refractivity (Wildman–Crippen MR) is 129 cm³/mol. The number of hydrogen-bond acceptors (Lipinski definition) is 7. The molecule has 7 heteroatoms. The molecule has 2 aromatic carbocycles. The van der Waals surface area contributed by atoms with Crippen LogP contribution < -0.4 is 5.73 Å². The first-order valence-electron chi connectivity index (χ1n) is 11.6. The SMILES string of the molecule is CCOC(=O)OC1=C(c2cc(-c3ccc(N)cc3)ccc2C)C(=O)C(C)(C2CCOCC2)OC1. The zero-order chi connectivity index (χ0) is 24.3. The average molecular weight is 466 g/mol. The van der Waals surface area contributed by atoms with Crippen molar-refractivity contribution in [2.75, 3.05) is 32.2 Å². The number of benzene rings is 2. The van der Waals surface area contributed by atoms with E-state index < -0.39 is 11.8 Å². The van der Waals surface area contributed by atoms with Gasteiger partial charge in [0.2, 0.25) is 0 Å². The highest BCUT2D eigenvalue weighted by Crippen LogP contribution is 2.42. The van der Waals surface area contributed by atoms with Gasteiger partial charge in [0.25, 0.3) is 0 Å². The van der Waals surface area contributed by atoms with Crippen LogP contribution in [0.3, 0.4) is 0 Å². The lowest BCUT2D eigenvalue weighted by atomic mass is 9.74. The molecule has 1 fully saturated rings. The molecule has 7 nitrogen and oxygen atoms in total. The lowest BCUT2D eigenvalue weighted by Crippen LogP contribution is -2.51. The zero-order valence-corrected chi connectivity index (χ0v) is 19.9. The van der Waals surface area contributed by atoms with Crippen molar-refractivity contribution in [1.29, 1.82) is 0 Å². The molecule has 2 aromatic rings. The minimum absolute atomic E-state index is 0.000711. The summed E-state index contributed by atoms with van der Waals surface area (Å²) in [7, 11) is 0. The second-order valence-corrected chi connectivity index (χ2v) is 8.85. The molecule has 0 bridgehead atoms. The second-order valence-electron chi connectivity index (χ2n) is 8.85. The summed E-state index contributed by atoms with van der Waals surface area (Å²) < 4.78 is 22.1. The molecule has 180 valence electrons. The van der Waals surface area contributed by atoms with E-state index in [1.165, 1.54) is 0 Å². The van der Waals surface area contributed by atoms with Crippen molar-refractivity contribution in [3.8, 4) is 11.1 Å². The maximum absolute atomic E-state index is 14.1. The number of aryl methyl sites for hydroxylation is 1. The zero-order valence-electron chi connectivity index (χ0n) is 19.9. The van der Waals surface area contributed by atoms with E-state index in [-0.39, 0.29) is 30.7 Å². The van der Waals surface area contributed by atoms with Crippen LogP contribution in [0, 0.1) is 12.8 Å². The smallest absolute Gasteiger partial charge is 0.434 e. The maximum atomic E-state index is 14.1. The van der Waals surface area contributed by atoms with E-state index in [1.54, 1.807) is 6.92 Å². The highest BCUT2D eigenvalue weighted by Gasteiger charge is 2.48. The van der Waals surface area contributed by atoms with Crippen molar-refractivity contribution in [3.05, 3.63) is 59.4 Å². The van der Waals surface area contributed by atoms with Crippen LogP contribution >= 0.6 is 0 Å². The summed E-state index contributed by atoms with van der Waals surface area (Å²) in [5.74, 6) is -0.0125. The van der Waals surface area contributed by atoms with Gasteiger partial charge in [-0.15, -0.1) is 0 Å². The first-order chi connectivity index (χ1) is 16.3. The quantitative estimate of drug-likeness (QED) is 0.495. The number of carbonyl (C=O) groups excluding carboxylic acids is 2. The van der Waals surface area contributed by atoms with Gasteiger partial charge in [-0.25, -0.2) is 4.79 Å². The number of ether oxygens (including phenoxy) is 4. The monoisotopic (exact) mass is 465 g/mol. The van der Waals surface area contributed by atoms with Gasteiger partial charge >= 0.3 is 6.16 Å². The van der Waals surface area contributed by atoms with E-state index in [2.05, 4.69) is 0 Å². The summed E-state index contributed by atoms with van der Waals surface area (Å²) in [4.78, 5) is 26.3. The number of ketones is 1. The summed E-state index contributed by atoms with van der Waals surface area (Å²) in [6.45, 7) is 6.82. The molecule has 0 aliphatic carbocycles. The van der Waals surface area contributed by atoms with E-state index in [0.717, 1.165) is 29.5 Å². The highest BCUT2D eigenvalue weighted by atomic mass is 16.7. The molecule has 0 radical (unpaired) electrons. The lowest BCUT2D eigenvalue weighted by Gasteiger charge is -2.41. The maximum Gasteiger partial charge on any atom is 0.513 e. The largest absolute Gasteiger partial charge is 0.513 e. The molecule has 0 spiro atoms. The van der Waals surface area contributed by atoms with Gasteiger partial charge in [0.15, 0.2) is 5.78 Å². The fourth-order valence-corrected chi connectivity index (χ4v) is 4.63. The molecule has 34 heavy (non-hydrogen) atoms. The molecular weight excluding hydrogens is 434 g/mol. The molecule has 1 unspecified atom stereocenters. The number of anilines is 1. The van der Waals surface area contributed by atoms with Gasteiger partial charge in [0.1, 0.15) is 18.0 Å². The van der Waals surface area contributed by atoms with Crippen molar-refractivity contribution < 1.29 is 28.5 Å². The molecule has 1 saturated heterocycles. The van der Waals surface area contributed by atoms with Crippen LogP contribution in [0.1, 0.15) is 37.8 Å². The Morgan fingerprint density at radius 2 is 1.79 bits per heavy atom. The van der Waals surface area contributed by atoms with Gasteiger partial charge in [-0.05, 0) is 80.0 Å². The average Bonchev–Trinajstić information content (AvgIpc) is 2.84. The van der Waals surface area contributed by atoms with Crippen molar-refractivity contribution in [3.63, 3.8) is 0 Å². The summed E-state index contributed by atoms with van der Waals surface area (Å²) in [6.07, 6.45) is 0.607. The van der Waals surface area contributed by atoms with Gasteiger partial charge in [-0.3, -0.25) is 4.79 Å². The first kappa shape index (κ1) is 24.0. The van der Waals surface area contributed by atoms with Crippen LogP contribution in [-0.4, -0.2) is 44.0 Å². The Hall–Kier alpha value is -3.16. The van der Waals surface area contributed by atoms with Gasteiger partial charge < -0.3 is 24.7 Å². The highest BCUT2D eigenvalue weighted by molar-refractivity contribution is 6.26. The Bertz CT molecular complexity index is 1100. The number of hydrogen-bond donors (Lipinski definition) is 1. The van der Waals surface area contributed by atoms with Crippen molar-refractivity contribution in [2.24, 2.45) is 5.92 Å². The van der Waals surface area contributed by atoms with Crippen molar-refractivity contribution in [2.45, 2.75) is 39.2 Å². The summed E-state index contributed by atoms with van der Waals surface area (Å²) in [6, 6.07) is 13.5. The number of Topliss-reactive ketones (excluding diaryl/α,β-unsaturated/α-hetero) is 1. The van der Waals surface area contributed by atoms with E-state index in [0.29, 0.717) is 30.0 Å². The summed E-state index contributed by atoms with van der Waals surface area (Å²) in [5.41, 5.74) is 9.35. The Morgan fingerprint density at radius 3 is 2.47 bits per heavy atom. The molecule has 2 aliphatic heterocycles. The summed E-state index contributed by atoms with van der Waals surface area (Å²) >= 11 is 0. The van der Waals surface area contributed by atoms with Gasteiger partial charge in [-0.2, -0.15) is 0 Å². The first-order valence-corrected chi connectivity index (χ1v) is 11.6. The van der Waals surface area contributed by atoms with Gasteiger partial charge in [0, 0.05) is 18.9 Å². The van der Waals surface area contributed by atoms with Gasteiger partial charge in [-0.1, -0.05) is 24.3 Å².